The van der Waals surface area contributed by atoms with E-state index in [9.17, 15) is 16.8 Å². The lowest BCUT2D eigenvalue weighted by Crippen LogP contribution is -2.36. The van der Waals surface area contributed by atoms with Gasteiger partial charge in [0.05, 0.1) is 9.79 Å². The molecule has 0 aliphatic carbocycles. The van der Waals surface area contributed by atoms with E-state index in [1.54, 1.807) is 13.0 Å². The van der Waals surface area contributed by atoms with Crippen molar-refractivity contribution in [2.24, 2.45) is 0 Å². The summed E-state index contributed by atoms with van der Waals surface area (Å²) in [6.45, 7) is 2.69. The van der Waals surface area contributed by atoms with E-state index in [4.69, 9.17) is 0 Å². The number of benzene rings is 1. The predicted octanol–water partition coefficient (Wildman–Crippen LogP) is 1.57. The zero-order chi connectivity index (χ0) is 15.0. The molecule has 0 bridgehead atoms. The van der Waals surface area contributed by atoms with Gasteiger partial charge in [0.25, 0.3) is 0 Å². The largest absolute Gasteiger partial charge is 0.243 e. The third-order valence-electron chi connectivity index (χ3n) is 3.52. The summed E-state index contributed by atoms with van der Waals surface area (Å²) in [7, 11) is -7.02. The molecule has 112 valence electrons. The normalized spacial score (nSPS) is 18.1. The second-order valence-electron chi connectivity index (χ2n) is 5.16. The van der Waals surface area contributed by atoms with E-state index in [1.165, 1.54) is 16.4 Å². The first-order valence-corrected chi connectivity index (χ1v) is 9.87. The van der Waals surface area contributed by atoms with E-state index in [0.717, 1.165) is 25.5 Å². The maximum Gasteiger partial charge on any atom is 0.243 e. The molecule has 1 saturated heterocycles. The van der Waals surface area contributed by atoms with Crippen molar-refractivity contribution in [3.05, 3.63) is 23.8 Å². The highest BCUT2D eigenvalue weighted by atomic mass is 32.2. The molecule has 1 aromatic carbocycles. The Morgan fingerprint density at radius 1 is 1.00 bits per heavy atom. The van der Waals surface area contributed by atoms with E-state index >= 15 is 0 Å². The van der Waals surface area contributed by atoms with Crippen molar-refractivity contribution in [2.45, 2.75) is 36.0 Å². The number of piperidine rings is 1. The van der Waals surface area contributed by atoms with Gasteiger partial charge in [0, 0.05) is 19.3 Å². The van der Waals surface area contributed by atoms with Crippen LogP contribution in [0.2, 0.25) is 0 Å². The number of aryl methyl sites for hydroxylation is 1. The molecule has 0 unspecified atom stereocenters. The maximum atomic E-state index is 12.6. The first-order chi connectivity index (χ1) is 9.23. The first-order valence-electron chi connectivity index (χ1n) is 6.54. The Bertz CT molecular complexity index is 702. The van der Waals surface area contributed by atoms with Crippen LogP contribution in [0.3, 0.4) is 0 Å². The molecule has 1 aliphatic heterocycles. The lowest BCUT2D eigenvalue weighted by atomic mass is 10.2. The number of sulfonamides is 1. The molecular weight excluding hydrogens is 298 g/mol. The molecule has 5 nitrogen and oxygen atoms in total. The highest BCUT2D eigenvalue weighted by Crippen LogP contribution is 2.25. The Morgan fingerprint density at radius 2 is 1.60 bits per heavy atom. The second kappa shape index (κ2) is 5.46. The average Bonchev–Trinajstić information content (AvgIpc) is 2.38. The molecule has 1 heterocycles. The maximum absolute atomic E-state index is 12.6. The van der Waals surface area contributed by atoms with E-state index in [2.05, 4.69) is 0 Å². The quantitative estimate of drug-likeness (QED) is 0.848. The van der Waals surface area contributed by atoms with Gasteiger partial charge in [0.15, 0.2) is 9.84 Å². The van der Waals surface area contributed by atoms with Crippen LogP contribution in [-0.2, 0) is 19.9 Å². The lowest BCUT2D eigenvalue weighted by molar-refractivity contribution is 0.346. The molecule has 1 fully saturated rings. The summed E-state index contributed by atoms with van der Waals surface area (Å²) in [5, 5.41) is 0. The highest BCUT2D eigenvalue weighted by Gasteiger charge is 2.28. The van der Waals surface area contributed by atoms with Crippen LogP contribution in [0.1, 0.15) is 24.8 Å². The Kier molecular flexibility index (Phi) is 4.22. The van der Waals surface area contributed by atoms with Gasteiger partial charge in [-0.2, -0.15) is 4.31 Å². The SMILES string of the molecule is Cc1ccc(S(C)(=O)=O)cc1S(=O)(=O)N1CCCCC1. The molecule has 0 aromatic heterocycles. The third kappa shape index (κ3) is 3.05. The first kappa shape index (κ1) is 15.5. The fraction of sp³-hybridized carbons (Fsp3) is 0.538. The minimum atomic E-state index is -3.61. The fourth-order valence-electron chi connectivity index (χ4n) is 2.33. The topological polar surface area (TPSA) is 71.5 Å². The number of rotatable bonds is 3. The van der Waals surface area contributed by atoms with Gasteiger partial charge in [-0.3, -0.25) is 0 Å². The summed E-state index contributed by atoms with van der Waals surface area (Å²) in [4.78, 5) is 0.140. The summed E-state index contributed by atoms with van der Waals surface area (Å²) < 4.78 is 49.9. The standard InChI is InChI=1S/C13H19NO4S2/c1-11-6-7-12(19(2,15)16)10-13(11)20(17,18)14-8-4-3-5-9-14/h6-7,10H,3-5,8-9H2,1-2H3. The van der Waals surface area contributed by atoms with Crippen molar-refractivity contribution < 1.29 is 16.8 Å². The monoisotopic (exact) mass is 317 g/mol. The molecule has 0 atom stereocenters. The van der Waals surface area contributed by atoms with Crippen molar-refractivity contribution >= 4 is 19.9 Å². The number of hydrogen-bond acceptors (Lipinski definition) is 4. The minimum absolute atomic E-state index is 0.0404. The fourth-order valence-corrected chi connectivity index (χ4v) is 4.82. The van der Waals surface area contributed by atoms with Gasteiger partial charge in [-0.1, -0.05) is 12.5 Å². The molecule has 7 heteroatoms. The zero-order valence-corrected chi connectivity index (χ0v) is 13.3. The van der Waals surface area contributed by atoms with Gasteiger partial charge >= 0.3 is 0 Å². The molecule has 1 aromatic rings. The predicted molar refractivity (Wildman–Crippen MR) is 76.9 cm³/mol. The molecule has 20 heavy (non-hydrogen) atoms. The Balaban J connectivity index is 2.50. The smallest absolute Gasteiger partial charge is 0.224 e. The molecular formula is C13H19NO4S2. The van der Waals surface area contributed by atoms with E-state index in [0.29, 0.717) is 18.7 Å². The van der Waals surface area contributed by atoms with Crippen molar-refractivity contribution in [3.8, 4) is 0 Å². The van der Waals surface area contributed by atoms with Gasteiger partial charge in [-0.15, -0.1) is 0 Å². The van der Waals surface area contributed by atoms with Crippen LogP contribution in [0.5, 0.6) is 0 Å². The molecule has 0 saturated carbocycles. The van der Waals surface area contributed by atoms with Gasteiger partial charge < -0.3 is 0 Å². The molecule has 0 N–H and O–H groups in total. The van der Waals surface area contributed by atoms with Crippen LogP contribution >= 0.6 is 0 Å². The Hall–Kier alpha value is -0.920. The van der Waals surface area contributed by atoms with Crippen LogP contribution in [0.15, 0.2) is 28.0 Å². The summed E-state index contributed by atoms with van der Waals surface area (Å²) in [5.74, 6) is 0. The van der Waals surface area contributed by atoms with E-state index in [-0.39, 0.29) is 9.79 Å². The van der Waals surface area contributed by atoms with E-state index in [1.807, 2.05) is 0 Å². The summed E-state index contributed by atoms with van der Waals surface area (Å²) in [6.07, 6.45) is 3.82. The Morgan fingerprint density at radius 3 is 2.15 bits per heavy atom. The highest BCUT2D eigenvalue weighted by molar-refractivity contribution is 7.91. The van der Waals surface area contributed by atoms with Crippen LogP contribution in [0.4, 0.5) is 0 Å². The van der Waals surface area contributed by atoms with Crippen molar-refractivity contribution in [1.29, 1.82) is 0 Å². The molecule has 0 spiro atoms. The number of sulfone groups is 1. The molecule has 0 radical (unpaired) electrons. The van der Waals surface area contributed by atoms with Gasteiger partial charge in [0.1, 0.15) is 0 Å². The molecule has 0 amide bonds. The van der Waals surface area contributed by atoms with Gasteiger partial charge in [0.2, 0.25) is 10.0 Å². The molecule has 1 aliphatic rings. The summed E-state index contributed by atoms with van der Waals surface area (Å²) in [6, 6.07) is 4.27. The van der Waals surface area contributed by atoms with Crippen molar-refractivity contribution in [2.75, 3.05) is 19.3 Å². The zero-order valence-electron chi connectivity index (χ0n) is 11.7. The molecule has 2 rings (SSSR count). The third-order valence-corrected chi connectivity index (χ3v) is 6.67. The number of nitrogens with zero attached hydrogens (tertiary/aromatic N) is 1. The minimum Gasteiger partial charge on any atom is -0.224 e. The Labute approximate surface area is 120 Å². The average molecular weight is 317 g/mol. The van der Waals surface area contributed by atoms with Crippen molar-refractivity contribution in [1.82, 2.24) is 4.31 Å². The van der Waals surface area contributed by atoms with Crippen LogP contribution < -0.4 is 0 Å². The summed E-state index contributed by atoms with van der Waals surface area (Å²) >= 11 is 0. The van der Waals surface area contributed by atoms with Crippen LogP contribution in [0, 0.1) is 6.92 Å². The van der Waals surface area contributed by atoms with E-state index < -0.39 is 19.9 Å². The second-order valence-corrected chi connectivity index (χ2v) is 9.09. The van der Waals surface area contributed by atoms with Gasteiger partial charge in [-0.25, -0.2) is 16.8 Å². The van der Waals surface area contributed by atoms with Crippen LogP contribution in [0.25, 0.3) is 0 Å². The lowest BCUT2D eigenvalue weighted by Gasteiger charge is -2.26. The summed E-state index contributed by atoms with van der Waals surface area (Å²) in [5.41, 5.74) is 0.572. The van der Waals surface area contributed by atoms with Gasteiger partial charge in [-0.05, 0) is 37.5 Å². The van der Waals surface area contributed by atoms with Crippen molar-refractivity contribution in [3.63, 3.8) is 0 Å². The number of hydrogen-bond donors (Lipinski definition) is 0. The van der Waals surface area contributed by atoms with Crippen LogP contribution in [-0.4, -0.2) is 40.5 Å².